The highest BCUT2D eigenvalue weighted by Crippen LogP contribution is 2.44. The maximum absolute atomic E-state index is 15.9. The molecule has 264 valence electrons. The normalized spacial score (nSPS) is 18.3. The van der Waals surface area contributed by atoms with Crippen molar-refractivity contribution in [3.05, 3.63) is 98.7 Å². The quantitative estimate of drug-likeness (QED) is 0.136. The zero-order valence-electron chi connectivity index (χ0n) is 26.8. The van der Waals surface area contributed by atoms with Gasteiger partial charge in [-0.25, -0.2) is 19.1 Å². The van der Waals surface area contributed by atoms with E-state index in [1.165, 1.54) is 55.9 Å². The van der Waals surface area contributed by atoms with Crippen LogP contribution in [0.5, 0.6) is 0 Å². The number of nitro groups is 1. The number of nitrogens with zero attached hydrogens (tertiary/aromatic N) is 6. The van der Waals surface area contributed by atoms with E-state index in [1.807, 2.05) is 30.3 Å². The molecule has 2 N–H and O–H groups in total. The molecule has 2 aromatic carbocycles. The average molecular weight is 700 g/mol. The first-order chi connectivity index (χ1) is 23.6. The monoisotopic (exact) mass is 699 g/mol. The number of benzene rings is 2. The Morgan fingerprint density at radius 1 is 1.10 bits per heavy atom. The summed E-state index contributed by atoms with van der Waals surface area (Å²) in [4.78, 5) is 52.5. The maximum Gasteiger partial charge on any atom is 0.509 e. The van der Waals surface area contributed by atoms with Crippen molar-refractivity contribution in [3.8, 4) is 11.3 Å². The molecule has 0 saturated carbocycles. The Morgan fingerprint density at radius 2 is 1.80 bits per heavy atom. The number of nitrogens with one attached hydrogen (secondary N) is 1. The molecule has 5 rings (SSSR count). The molecule has 1 aliphatic heterocycles. The van der Waals surface area contributed by atoms with Gasteiger partial charge in [0.05, 0.1) is 29.8 Å². The van der Waals surface area contributed by atoms with Crippen LogP contribution < -0.4 is 11.0 Å². The Balaban J connectivity index is 1.46. The summed E-state index contributed by atoms with van der Waals surface area (Å²) in [7, 11) is 0. The Kier molecular flexibility index (Phi) is 10.2. The highest BCUT2D eigenvalue weighted by Gasteiger charge is 2.62. The zero-order chi connectivity index (χ0) is 36.2. The van der Waals surface area contributed by atoms with Crippen LogP contribution in [0.25, 0.3) is 11.3 Å². The molecule has 17 nitrogen and oxygen atoms in total. The molecule has 1 aliphatic rings. The van der Waals surface area contributed by atoms with E-state index in [2.05, 4.69) is 20.6 Å². The van der Waals surface area contributed by atoms with Crippen molar-refractivity contribution in [2.45, 2.75) is 63.9 Å². The van der Waals surface area contributed by atoms with Gasteiger partial charge in [-0.05, 0) is 44.0 Å². The third kappa shape index (κ3) is 8.24. The SMILES string of the molecule is CC(C)(C)OC(=O)OC1C(CO)O[C@@H](n2cc(-c3cn(Cc4ccccc4)nn3)c(NC(=O)OCc3ccc([N+](=O)[O-])cc3)nc2=O)C1(F)F. The number of alkyl halides is 2. The van der Waals surface area contributed by atoms with Crippen molar-refractivity contribution in [3.63, 3.8) is 0 Å². The Hall–Kier alpha value is -5.82. The van der Waals surface area contributed by atoms with Gasteiger partial charge < -0.3 is 24.1 Å². The second-order valence-electron chi connectivity index (χ2n) is 12.0. The van der Waals surface area contributed by atoms with Gasteiger partial charge in [0.2, 0.25) is 12.3 Å². The van der Waals surface area contributed by atoms with Gasteiger partial charge in [-0.1, -0.05) is 35.5 Å². The molecule has 0 radical (unpaired) electrons. The first kappa shape index (κ1) is 35.5. The van der Waals surface area contributed by atoms with Crippen LogP contribution >= 0.6 is 0 Å². The molecule has 4 aromatic rings. The second kappa shape index (κ2) is 14.3. The smallest absolute Gasteiger partial charge is 0.444 e. The van der Waals surface area contributed by atoms with Crippen molar-refractivity contribution < 1.29 is 47.3 Å². The third-order valence-electron chi connectivity index (χ3n) is 7.09. The maximum atomic E-state index is 15.9. The van der Waals surface area contributed by atoms with Crippen molar-refractivity contribution in [2.75, 3.05) is 11.9 Å². The van der Waals surface area contributed by atoms with Crippen molar-refractivity contribution in [2.24, 2.45) is 0 Å². The first-order valence-electron chi connectivity index (χ1n) is 14.9. The second-order valence-corrected chi connectivity index (χ2v) is 12.0. The van der Waals surface area contributed by atoms with E-state index in [0.29, 0.717) is 10.1 Å². The lowest BCUT2D eigenvalue weighted by molar-refractivity contribution is -0.384. The minimum atomic E-state index is -4.10. The highest BCUT2D eigenvalue weighted by atomic mass is 19.3. The van der Waals surface area contributed by atoms with Gasteiger partial charge in [0.15, 0.2) is 5.82 Å². The van der Waals surface area contributed by atoms with Gasteiger partial charge in [0, 0.05) is 18.3 Å². The number of rotatable bonds is 10. The van der Waals surface area contributed by atoms with E-state index in [9.17, 15) is 29.6 Å². The molecule has 0 aliphatic carbocycles. The van der Waals surface area contributed by atoms with Gasteiger partial charge in [0.1, 0.15) is 24.0 Å². The lowest BCUT2D eigenvalue weighted by atomic mass is 10.1. The molecule has 3 heterocycles. The van der Waals surface area contributed by atoms with Crippen molar-refractivity contribution >= 4 is 23.8 Å². The number of amides is 1. The van der Waals surface area contributed by atoms with Crippen LogP contribution in [0.3, 0.4) is 0 Å². The van der Waals surface area contributed by atoms with Crippen LogP contribution in [0, 0.1) is 10.1 Å². The van der Waals surface area contributed by atoms with E-state index in [0.717, 1.165) is 11.8 Å². The summed E-state index contributed by atoms with van der Waals surface area (Å²) in [6, 6.07) is 14.3. The summed E-state index contributed by atoms with van der Waals surface area (Å²) < 4.78 is 54.0. The van der Waals surface area contributed by atoms with E-state index < -0.39 is 65.2 Å². The van der Waals surface area contributed by atoms with E-state index in [-0.39, 0.29) is 30.1 Å². The van der Waals surface area contributed by atoms with Gasteiger partial charge >= 0.3 is 23.9 Å². The number of aliphatic hydroxyl groups excluding tert-OH is 1. The number of ether oxygens (including phenoxy) is 4. The number of hydrogen-bond donors (Lipinski definition) is 2. The number of non-ortho nitro benzene ring substituents is 1. The van der Waals surface area contributed by atoms with Gasteiger partial charge in [-0.15, -0.1) is 5.10 Å². The standard InChI is InChI=1S/C31H31F2N7O10/c1-30(2,3)50-29(44)49-24-23(16-41)48-26(31(24,32)33)39-14-21(22-15-38(37-36-22)13-18-7-5-4-6-8-18)25(34-27(39)42)35-28(43)47-17-19-9-11-20(12-10-19)40(45)46/h4-12,14-15,23-24,26,41H,13,16-17H2,1-3H3,(H,34,35,42,43)/t23?,24?,26-/m1/s1. The fourth-order valence-corrected chi connectivity index (χ4v) is 4.82. The molecule has 0 bridgehead atoms. The van der Waals surface area contributed by atoms with E-state index >= 15 is 8.78 Å². The number of anilines is 1. The molecule has 1 saturated heterocycles. The summed E-state index contributed by atoms with van der Waals surface area (Å²) in [5, 5.41) is 31.2. The summed E-state index contributed by atoms with van der Waals surface area (Å²) in [6.07, 6.45) is -6.80. The molecule has 2 aromatic heterocycles. The number of nitro benzene ring substituents is 1. The Morgan fingerprint density at radius 3 is 2.44 bits per heavy atom. The van der Waals surface area contributed by atoms with Crippen LogP contribution in [-0.2, 0) is 32.1 Å². The molecule has 0 spiro atoms. The third-order valence-corrected chi connectivity index (χ3v) is 7.09. The van der Waals surface area contributed by atoms with Gasteiger partial charge in [-0.2, -0.15) is 13.8 Å². The summed E-state index contributed by atoms with van der Waals surface area (Å²) in [6.45, 7) is 3.40. The topological polar surface area (TPSA) is 212 Å². The largest absolute Gasteiger partial charge is 0.509 e. The minimum Gasteiger partial charge on any atom is -0.444 e. The molecule has 50 heavy (non-hydrogen) atoms. The Bertz CT molecular complexity index is 1910. The highest BCUT2D eigenvalue weighted by molar-refractivity contribution is 5.88. The van der Waals surface area contributed by atoms with E-state index in [4.69, 9.17) is 18.9 Å². The lowest BCUT2D eigenvalue weighted by Crippen LogP contribution is -2.45. The van der Waals surface area contributed by atoms with Gasteiger partial charge in [0.25, 0.3) is 5.69 Å². The predicted molar refractivity (Wildman–Crippen MR) is 167 cm³/mol. The number of aromatic nitrogens is 5. The number of hydrogen-bond acceptors (Lipinski definition) is 13. The lowest BCUT2D eigenvalue weighted by Gasteiger charge is -2.26. The summed E-state index contributed by atoms with van der Waals surface area (Å²) >= 11 is 0. The van der Waals surface area contributed by atoms with E-state index in [1.54, 1.807) is 0 Å². The molecule has 2 unspecified atom stereocenters. The fourth-order valence-electron chi connectivity index (χ4n) is 4.82. The molecule has 19 heteroatoms. The number of halogens is 2. The predicted octanol–water partition coefficient (Wildman–Crippen LogP) is 4.05. The molecular weight excluding hydrogens is 668 g/mol. The van der Waals surface area contributed by atoms with Crippen molar-refractivity contribution in [1.82, 2.24) is 24.5 Å². The Labute approximate surface area is 281 Å². The number of carbonyl (C=O) groups excluding carboxylic acids is 2. The first-order valence-corrected chi connectivity index (χ1v) is 14.9. The zero-order valence-corrected chi connectivity index (χ0v) is 26.8. The summed E-state index contributed by atoms with van der Waals surface area (Å²) in [5.41, 5.74) is -1.49. The fraction of sp³-hybridized carbons (Fsp3) is 0.355. The van der Waals surface area contributed by atoms with Crippen LogP contribution in [-0.4, -0.2) is 77.2 Å². The summed E-state index contributed by atoms with van der Waals surface area (Å²) in [5.74, 6) is -4.54. The van der Waals surface area contributed by atoms with Crippen LogP contribution in [0.4, 0.5) is 29.9 Å². The van der Waals surface area contributed by atoms with Crippen LogP contribution in [0.2, 0.25) is 0 Å². The van der Waals surface area contributed by atoms with Crippen LogP contribution in [0.1, 0.15) is 38.1 Å². The van der Waals surface area contributed by atoms with Crippen LogP contribution in [0.15, 0.2) is 71.8 Å². The van der Waals surface area contributed by atoms with Gasteiger partial charge in [-0.3, -0.25) is 20.0 Å². The molecular formula is C31H31F2N7O10. The average Bonchev–Trinajstić information content (AvgIpc) is 3.61. The molecule has 1 amide bonds. The molecule has 1 fully saturated rings. The minimum absolute atomic E-state index is 0.00516. The van der Waals surface area contributed by atoms with Crippen molar-refractivity contribution in [1.29, 1.82) is 0 Å². The molecule has 3 atom stereocenters. The number of aliphatic hydroxyl groups is 1. The number of carbonyl (C=O) groups is 2.